The second kappa shape index (κ2) is 5.79. The zero-order valence-electron chi connectivity index (χ0n) is 10.9. The summed E-state index contributed by atoms with van der Waals surface area (Å²) >= 11 is 3.67. The summed E-state index contributed by atoms with van der Waals surface area (Å²) in [6.07, 6.45) is 1.18. The Morgan fingerprint density at radius 2 is 1.74 bits per heavy atom. The summed E-state index contributed by atoms with van der Waals surface area (Å²) in [5.74, 6) is 0.548. The molecular weight excluding hydrogens is 298 g/mol. The maximum atomic E-state index is 3.67. The van der Waals surface area contributed by atoms with Crippen LogP contribution in [0.2, 0.25) is 0 Å². The van der Waals surface area contributed by atoms with E-state index in [0.717, 1.165) is 18.4 Å². The van der Waals surface area contributed by atoms with Crippen LogP contribution in [0.1, 0.15) is 17.0 Å². The number of fused-ring (bicyclic) bond motifs is 1. The molecule has 0 saturated carbocycles. The van der Waals surface area contributed by atoms with Crippen molar-refractivity contribution in [1.29, 1.82) is 0 Å². The molecule has 1 heterocycles. The van der Waals surface area contributed by atoms with Crippen molar-refractivity contribution in [1.82, 2.24) is 0 Å². The molecule has 2 heteroatoms. The number of nitrogens with zero attached hydrogens (tertiary/aromatic N) is 1. The third kappa shape index (κ3) is 2.69. The molecule has 0 saturated heterocycles. The standard InChI is InChI=1S/C17H18BrN/c18-12-16(14-6-2-1-3-7-14)13-19-11-10-15-8-4-5-9-17(15)19/h1-9,16H,10-13H2. The van der Waals surface area contributed by atoms with Crippen molar-refractivity contribution in [2.75, 3.05) is 23.3 Å². The van der Waals surface area contributed by atoms with E-state index in [1.165, 1.54) is 23.2 Å². The van der Waals surface area contributed by atoms with Crippen LogP contribution in [0, 0.1) is 0 Å². The van der Waals surface area contributed by atoms with Gasteiger partial charge in [-0.2, -0.15) is 0 Å². The van der Waals surface area contributed by atoms with Gasteiger partial charge in [0.25, 0.3) is 0 Å². The van der Waals surface area contributed by atoms with Crippen molar-refractivity contribution >= 4 is 21.6 Å². The van der Waals surface area contributed by atoms with Gasteiger partial charge in [0.05, 0.1) is 0 Å². The summed E-state index contributed by atoms with van der Waals surface area (Å²) < 4.78 is 0. The predicted molar refractivity (Wildman–Crippen MR) is 85.3 cm³/mol. The quantitative estimate of drug-likeness (QED) is 0.763. The minimum atomic E-state index is 0.548. The van der Waals surface area contributed by atoms with Crippen molar-refractivity contribution in [2.24, 2.45) is 0 Å². The molecule has 3 rings (SSSR count). The third-order valence-corrected chi connectivity index (χ3v) is 4.66. The minimum absolute atomic E-state index is 0.548. The van der Waals surface area contributed by atoms with E-state index in [4.69, 9.17) is 0 Å². The number of hydrogen-bond donors (Lipinski definition) is 0. The molecule has 0 bridgehead atoms. The first kappa shape index (κ1) is 12.7. The van der Waals surface area contributed by atoms with Crippen LogP contribution in [0.5, 0.6) is 0 Å². The zero-order valence-corrected chi connectivity index (χ0v) is 12.5. The van der Waals surface area contributed by atoms with Gasteiger partial charge in [-0.15, -0.1) is 0 Å². The van der Waals surface area contributed by atoms with Gasteiger partial charge in [-0.3, -0.25) is 0 Å². The summed E-state index contributed by atoms with van der Waals surface area (Å²) in [5, 5.41) is 1.01. The molecule has 0 aliphatic carbocycles. The average molecular weight is 316 g/mol. The van der Waals surface area contributed by atoms with Gasteiger partial charge < -0.3 is 4.90 Å². The van der Waals surface area contributed by atoms with Gasteiger partial charge in [-0.1, -0.05) is 64.5 Å². The maximum Gasteiger partial charge on any atom is 0.0399 e. The van der Waals surface area contributed by atoms with Crippen LogP contribution in [0.3, 0.4) is 0 Å². The van der Waals surface area contributed by atoms with E-state index in [1.54, 1.807) is 0 Å². The first-order valence-electron chi connectivity index (χ1n) is 6.82. The lowest BCUT2D eigenvalue weighted by molar-refractivity contribution is 0.717. The highest BCUT2D eigenvalue weighted by atomic mass is 79.9. The fourth-order valence-corrected chi connectivity index (χ4v) is 3.41. The number of rotatable bonds is 4. The lowest BCUT2D eigenvalue weighted by Crippen LogP contribution is -2.27. The highest BCUT2D eigenvalue weighted by Gasteiger charge is 2.21. The molecule has 1 nitrogen and oxygen atoms in total. The molecule has 0 spiro atoms. The van der Waals surface area contributed by atoms with Gasteiger partial charge in [0, 0.05) is 30.0 Å². The van der Waals surface area contributed by atoms with Gasteiger partial charge in [0.15, 0.2) is 0 Å². The van der Waals surface area contributed by atoms with Gasteiger partial charge in [-0.05, 0) is 23.6 Å². The van der Waals surface area contributed by atoms with Crippen LogP contribution in [0.4, 0.5) is 5.69 Å². The Balaban J connectivity index is 1.78. The highest BCUT2D eigenvalue weighted by Crippen LogP contribution is 2.30. The van der Waals surface area contributed by atoms with Crippen molar-refractivity contribution in [3.05, 3.63) is 65.7 Å². The Labute approximate surface area is 123 Å². The molecule has 1 aliphatic rings. The van der Waals surface area contributed by atoms with E-state index in [1.807, 2.05) is 0 Å². The summed E-state index contributed by atoms with van der Waals surface area (Å²) in [6.45, 7) is 2.24. The molecule has 0 fully saturated rings. The average Bonchev–Trinajstić information content (AvgIpc) is 2.89. The van der Waals surface area contributed by atoms with E-state index in [-0.39, 0.29) is 0 Å². The zero-order chi connectivity index (χ0) is 13.1. The summed E-state index contributed by atoms with van der Waals surface area (Å²) in [5.41, 5.74) is 4.33. The Kier molecular flexibility index (Phi) is 3.88. The molecule has 1 atom stereocenters. The highest BCUT2D eigenvalue weighted by molar-refractivity contribution is 9.09. The number of para-hydroxylation sites is 1. The van der Waals surface area contributed by atoms with E-state index in [0.29, 0.717) is 5.92 Å². The minimum Gasteiger partial charge on any atom is -0.370 e. The lowest BCUT2D eigenvalue weighted by Gasteiger charge is -2.25. The van der Waals surface area contributed by atoms with E-state index in [2.05, 4.69) is 75.4 Å². The van der Waals surface area contributed by atoms with Crippen LogP contribution in [0.25, 0.3) is 0 Å². The number of benzene rings is 2. The van der Waals surface area contributed by atoms with E-state index >= 15 is 0 Å². The number of anilines is 1. The molecule has 2 aromatic rings. The van der Waals surface area contributed by atoms with Gasteiger partial charge in [-0.25, -0.2) is 0 Å². The Morgan fingerprint density at radius 1 is 1.00 bits per heavy atom. The van der Waals surface area contributed by atoms with Crippen LogP contribution in [0.15, 0.2) is 54.6 Å². The number of alkyl halides is 1. The molecule has 1 unspecified atom stereocenters. The summed E-state index contributed by atoms with van der Waals surface area (Å²) in [4.78, 5) is 2.52. The fourth-order valence-electron chi connectivity index (χ4n) is 2.83. The molecule has 0 aromatic heterocycles. The van der Waals surface area contributed by atoms with Crippen molar-refractivity contribution < 1.29 is 0 Å². The first-order chi connectivity index (χ1) is 9.38. The van der Waals surface area contributed by atoms with Crippen molar-refractivity contribution in [2.45, 2.75) is 12.3 Å². The van der Waals surface area contributed by atoms with Crippen LogP contribution >= 0.6 is 15.9 Å². The van der Waals surface area contributed by atoms with Gasteiger partial charge in [0.2, 0.25) is 0 Å². The first-order valence-corrected chi connectivity index (χ1v) is 7.94. The van der Waals surface area contributed by atoms with Gasteiger partial charge in [0.1, 0.15) is 0 Å². The molecule has 0 amide bonds. The molecule has 0 N–H and O–H groups in total. The maximum absolute atomic E-state index is 3.67. The van der Waals surface area contributed by atoms with E-state index in [9.17, 15) is 0 Å². The van der Waals surface area contributed by atoms with Crippen LogP contribution in [-0.4, -0.2) is 18.4 Å². The van der Waals surface area contributed by atoms with Gasteiger partial charge >= 0.3 is 0 Å². The van der Waals surface area contributed by atoms with Crippen molar-refractivity contribution in [3.8, 4) is 0 Å². The molecule has 1 aliphatic heterocycles. The Hall–Kier alpha value is -1.28. The summed E-state index contributed by atoms with van der Waals surface area (Å²) in [6, 6.07) is 19.6. The molecular formula is C17H18BrN. The van der Waals surface area contributed by atoms with Crippen molar-refractivity contribution in [3.63, 3.8) is 0 Å². The smallest absolute Gasteiger partial charge is 0.0399 e. The Bertz CT molecular complexity index is 538. The Morgan fingerprint density at radius 3 is 2.53 bits per heavy atom. The van der Waals surface area contributed by atoms with Crippen LogP contribution in [-0.2, 0) is 6.42 Å². The third-order valence-electron chi connectivity index (χ3n) is 3.88. The molecule has 19 heavy (non-hydrogen) atoms. The second-order valence-corrected chi connectivity index (χ2v) is 5.73. The molecule has 2 aromatic carbocycles. The normalized spacial score (nSPS) is 15.3. The second-order valence-electron chi connectivity index (χ2n) is 5.09. The largest absolute Gasteiger partial charge is 0.370 e. The summed E-state index contributed by atoms with van der Waals surface area (Å²) in [7, 11) is 0. The monoisotopic (exact) mass is 315 g/mol. The topological polar surface area (TPSA) is 3.24 Å². The molecule has 98 valence electrons. The fraction of sp³-hybridized carbons (Fsp3) is 0.294. The number of halogens is 1. The predicted octanol–water partition coefficient (Wildman–Crippen LogP) is 4.23. The SMILES string of the molecule is BrCC(CN1CCc2ccccc21)c1ccccc1. The van der Waals surface area contributed by atoms with E-state index < -0.39 is 0 Å². The van der Waals surface area contributed by atoms with Crippen LogP contribution < -0.4 is 4.90 Å². The lowest BCUT2D eigenvalue weighted by atomic mass is 10.0. The number of hydrogen-bond acceptors (Lipinski definition) is 1. The molecule has 0 radical (unpaired) electrons.